The molecule has 0 radical (unpaired) electrons. The summed E-state index contributed by atoms with van der Waals surface area (Å²) in [5, 5.41) is 11.4. The predicted octanol–water partition coefficient (Wildman–Crippen LogP) is 5.84. The molecule has 1 N–H and O–H groups in total. The van der Waals surface area contributed by atoms with Crippen LogP contribution in [-0.2, 0) is 9.59 Å². The van der Waals surface area contributed by atoms with E-state index in [4.69, 9.17) is 9.47 Å². The lowest BCUT2D eigenvalue weighted by molar-refractivity contribution is -0.132. The number of ether oxygens (including phenoxy) is 2. The van der Waals surface area contributed by atoms with Crippen molar-refractivity contribution in [1.29, 1.82) is 0 Å². The summed E-state index contributed by atoms with van der Waals surface area (Å²) in [5.41, 5.74) is 2.64. The summed E-state index contributed by atoms with van der Waals surface area (Å²) in [4.78, 5) is 28.1. The quantitative estimate of drug-likeness (QED) is 0.266. The summed E-state index contributed by atoms with van der Waals surface area (Å²) in [5.74, 6) is -0.233. The fourth-order valence-electron chi connectivity index (χ4n) is 4.40. The van der Waals surface area contributed by atoms with E-state index < -0.39 is 17.7 Å². The van der Waals surface area contributed by atoms with Crippen molar-refractivity contribution in [1.82, 2.24) is 0 Å². The Bertz CT molecular complexity index is 1280. The van der Waals surface area contributed by atoms with Crippen LogP contribution in [0.4, 0.5) is 5.69 Å². The molecule has 0 bridgehead atoms. The number of carbonyl (C=O) groups is 2. The maximum Gasteiger partial charge on any atom is 0.300 e. The number of anilines is 1. The van der Waals surface area contributed by atoms with Crippen LogP contribution in [0.15, 0.2) is 78.4 Å². The number of carbonyl (C=O) groups excluding carboxylic acids is 2. The normalized spacial score (nSPS) is 17.2. The highest BCUT2D eigenvalue weighted by molar-refractivity contribution is 6.51. The van der Waals surface area contributed by atoms with Crippen molar-refractivity contribution in [2.24, 2.45) is 0 Å². The zero-order valence-electron chi connectivity index (χ0n) is 20.3. The third-order valence-corrected chi connectivity index (χ3v) is 6.10. The van der Waals surface area contributed by atoms with Crippen molar-refractivity contribution >= 4 is 23.1 Å². The highest BCUT2D eigenvalue weighted by Crippen LogP contribution is 2.43. The van der Waals surface area contributed by atoms with E-state index in [1.807, 2.05) is 57.2 Å². The Morgan fingerprint density at radius 1 is 1.00 bits per heavy atom. The van der Waals surface area contributed by atoms with Crippen LogP contribution in [0.25, 0.3) is 5.76 Å². The van der Waals surface area contributed by atoms with Gasteiger partial charge in [0.1, 0.15) is 17.3 Å². The Labute approximate surface area is 205 Å². The lowest BCUT2D eigenvalue weighted by Crippen LogP contribution is -2.29. The van der Waals surface area contributed by atoms with Crippen molar-refractivity contribution < 1.29 is 24.2 Å². The van der Waals surface area contributed by atoms with Gasteiger partial charge in [-0.2, -0.15) is 0 Å². The minimum Gasteiger partial charge on any atom is -0.507 e. The van der Waals surface area contributed by atoms with Gasteiger partial charge in [0, 0.05) is 17.3 Å². The third-order valence-electron chi connectivity index (χ3n) is 6.10. The molecule has 1 fully saturated rings. The number of rotatable bonds is 7. The van der Waals surface area contributed by atoms with Gasteiger partial charge in [-0.25, -0.2) is 0 Å². The number of benzene rings is 3. The van der Waals surface area contributed by atoms with E-state index >= 15 is 0 Å². The maximum absolute atomic E-state index is 13.4. The van der Waals surface area contributed by atoms with E-state index in [2.05, 4.69) is 0 Å². The number of nitrogens with zero attached hydrogens (tertiary/aromatic N) is 1. The third kappa shape index (κ3) is 4.52. The Balaban J connectivity index is 1.92. The Kier molecular flexibility index (Phi) is 6.92. The van der Waals surface area contributed by atoms with Crippen LogP contribution in [-0.4, -0.2) is 30.5 Å². The van der Waals surface area contributed by atoms with Crippen LogP contribution in [0.3, 0.4) is 0 Å². The van der Waals surface area contributed by atoms with E-state index in [1.165, 1.54) is 4.90 Å². The van der Waals surface area contributed by atoms with Gasteiger partial charge in [0.2, 0.25) is 0 Å². The zero-order chi connectivity index (χ0) is 25.1. The number of Topliss-reactive ketones (excluding diaryl/α,β-unsaturated/α-hetero) is 1. The SMILES string of the molecule is CCOc1ccc(/C(O)=C2/C(=O)C(=O)N(c3cccc(OC)c3)C2c2ccccc2)cc1C(C)C. The minimum atomic E-state index is -0.794. The van der Waals surface area contributed by atoms with Crippen molar-refractivity contribution in [2.45, 2.75) is 32.7 Å². The highest BCUT2D eigenvalue weighted by atomic mass is 16.5. The van der Waals surface area contributed by atoms with E-state index in [0.29, 0.717) is 29.2 Å². The topological polar surface area (TPSA) is 76.1 Å². The monoisotopic (exact) mass is 471 g/mol. The van der Waals surface area contributed by atoms with Crippen LogP contribution in [0.1, 0.15) is 49.4 Å². The molecule has 1 saturated heterocycles. The molecule has 0 aromatic heterocycles. The predicted molar refractivity (Wildman–Crippen MR) is 136 cm³/mol. The number of hydrogen-bond acceptors (Lipinski definition) is 5. The van der Waals surface area contributed by atoms with Crippen LogP contribution >= 0.6 is 0 Å². The van der Waals surface area contributed by atoms with Gasteiger partial charge in [0.15, 0.2) is 0 Å². The first-order chi connectivity index (χ1) is 16.9. The number of aliphatic hydroxyl groups excluding tert-OH is 1. The Morgan fingerprint density at radius 3 is 2.40 bits per heavy atom. The zero-order valence-corrected chi connectivity index (χ0v) is 20.3. The molecule has 0 saturated carbocycles. The summed E-state index contributed by atoms with van der Waals surface area (Å²) in [6, 6.07) is 20.8. The first kappa shape index (κ1) is 24.1. The van der Waals surface area contributed by atoms with Gasteiger partial charge < -0.3 is 14.6 Å². The van der Waals surface area contributed by atoms with Gasteiger partial charge in [0.25, 0.3) is 11.7 Å². The Hall–Kier alpha value is -4.06. The fraction of sp³-hybridized carbons (Fsp3) is 0.241. The van der Waals surface area contributed by atoms with Gasteiger partial charge >= 0.3 is 0 Å². The number of aliphatic hydroxyl groups is 1. The molecule has 1 aliphatic rings. The number of methoxy groups -OCH3 is 1. The van der Waals surface area contributed by atoms with Crippen molar-refractivity contribution in [3.63, 3.8) is 0 Å². The smallest absolute Gasteiger partial charge is 0.300 e. The lowest BCUT2D eigenvalue weighted by Gasteiger charge is -2.25. The van der Waals surface area contributed by atoms with E-state index in [-0.39, 0.29) is 17.3 Å². The molecule has 1 aliphatic heterocycles. The second kappa shape index (κ2) is 10.1. The number of amides is 1. The van der Waals surface area contributed by atoms with E-state index in [0.717, 1.165) is 11.3 Å². The molecule has 6 nitrogen and oxygen atoms in total. The van der Waals surface area contributed by atoms with E-state index in [1.54, 1.807) is 43.5 Å². The lowest BCUT2D eigenvalue weighted by atomic mass is 9.93. The molecule has 0 spiro atoms. The highest BCUT2D eigenvalue weighted by Gasteiger charge is 2.47. The van der Waals surface area contributed by atoms with Gasteiger partial charge in [-0.3, -0.25) is 14.5 Å². The van der Waals surface area contributed by atoms with Crippen molar-refractivity contribution in [2.75, 3.05) is 18.6 Å². The molecule has 4 rings (SSSR count). The summed E-state index contributed by atoms with van der Waals surface area (Å²) < 4.78 is 11.1. The standard InChI is InChI=1S/C29H29NO5/c1-5-35-24-15-14-20(16-23(24)18(2)3)27(31)25-26(19-10-7-6-8-11-19)30(29(33)28(25)32)21-12-9-13-22(17-21)34-4/h6-18,26,31H,5H2,1-4H3/b27-25-. The second-order valence-corrected chi connectivity index (χ2v) is 8.62. The molecule has 6 heteroatoms. The summed E-state index contributed by atoms with van der Waals surface area (Å²) in [6.07, 6.45) is 0. The number of hydrogen-bond donors (Lipinski definition) is 1. The average Bonchev–Trinajstić information content (AvgIpc) is 3.14. The molecular weight excluding hydrogens is 442 g/mol. The first-order valence-corrected chi connectivity index (χ1v) is 11.6. The van der Waals surface area contributed by atoms with Crippen LogP contribution in [0, 0.1) is 0 Å². The molecule has 3 aromatic rings. The van der Waals surface area contributed by atoms with Gasteiger partial charge in [-0.15, -0.1) is 0 Å². The molecule has 0 aliphatic carbocycles. The molecule has 1 heterocycles. The number of ketones is 1. The fourth-order valence-corrected chi connectivity index (χ4v) is 4.40. The molecule has 1 atom stereocenters. The van der Waals surface area contributed by atoms with Crippen molar-refractivity contribution in [3.8, 4) is 11.5 Å². The second-order valence-electron chi connectivity index (χ2n) is 8.62. The molecule has 1 amide bonds. The van der Waals surface area contributed by atoms with Gasteiger partial charge in [0.05, 0.1) is 25.3 Å². The van der Waals surface area contributed by atoms with Gasteiger partial charge in [-0.1, -0.05) is 50.2 Å². The molecular formula is C29H29NO5. The molecule has 180 valence electrons. The molecule has 1 unspecified atom stereocenters. The maximum atomic E-state index is 13.4. The average molecular weight is 472 g/mol. The summed E-state index contributed by atoms with van der Waals surface area (Å²) in [6.45, 7) is 6.50. The molecule has 3 aromatic carbocycles. The van der Waals surface area contributed by atoms with Crippen LogP contribution in [0.2, 0.25) is 0 Å². The Morgan fingerprint density at radius 2 is 1.74 bits per heavy atom. The molecule has 35 heavy (non-hydrogen) atoms. The minimum absolute atomic E-state index is 0.0443. The van der Waals surface area contributed by atoms with Crippen LogP contribution in [0.5, 0.6) is 11.5 Å². The van der Waals surface area contributed by atoms with E-state index in [9.17, 15) is 14.7 Å². The van der Waals surface area contributed by atoms with Crippen molar-refractivity contribution in [3.05, 3.63) is 95.1 Å². The summed E-state index contributed by atoms with van der Waals surface area (Å²) in [7, 11) is 1.54. The largest absolute Gasteiger partial charge is 0.507 e. The van der Waals surface area contributed by atoms with Gasteiger partial charge in [-0.05, 0) is 54.3 Å². The summed E-state index contributed by atoms with van der Waals surface area (Å²) >= 11 is 0. The first-order valence-electron chi connectivity index (χ1n) is 11.6. The van der Waals surface area contributed by atoms with Crippen LogP contribution < -0.4 is 14.4 Å².